The Morgan fingerprint density at radius 3 is 1.89 bits per heavy atom. The first-order valence-corrected chi connectivity index (χ1v) is 9.41. The van der Waals surface area contributed by atoms with Crippen LogP contribution in [-0.2, 0) is 9.53 Å². The molecule has 19 heavy (non-hydrogen) atoms. The third kappa shape index (κ3) is 16.2. The Morgan fingerprint density at radius 2 is 1.42 bits per heavy atom. The number of carbonyl (C=O) groups excluding carboxylic acids is 1. The number of hydrogen-bond acceptors (Lipinski definition) is 2. The smallest absolute Gasteiger partial charge is 0.305 e. The molecule has 0 aromatic rings. The molecule has 0 saturated heterocycles. The topological polar surface area (TPSA) is 26.3 Å². The maximum Gasteiger partial charge on any atom is 0.305 e. The SMILES string of the molecule is COC(=O)CCCCCCCCCCC[Si]C(Cl)Cl. The number of unbranched alkanes of at least 4 members (excludes halogenated alkanes) is 8. The third-order valence-electron chi connectivity index (χ3n) is 3.08. The van der Waals surface area contributed by atoms with Gasteiger partial charge in [-0.15, -0.1) is 23.2 Å². The quantitative estimate of drug-likeness (QED) is 0.207. The highest BCUT2D eigenvalue weighted by Gasteiger charge is 2.00. The fourth-order valence-corrected chi connectivity index (χ4v) is 3.27. The Morgan fingerprint density at radius 1 is 0.947 bits per heavy atom. The molecule has 0 aromatic carbocycles. The maximum absolute atomic E-state index is 10.9. The zero-order valence-corrected chi connectivity index (χ0v) is 14.4. The van der Waals surface area contributed by atoms with Gasteiger partial charge in [0.2, 0.25) is 0 Å². The van der Waals surface area contributed by atoms with Crippen molar-refractivity contribution in [1.29, 1.82) is 0 Å². The third-order valence-corrected chi connectivity index (χ3v) is 4.96. The fraction of sp³-hybridized carbons (Fsp3) is 0.929. The van der Waals surface area contributed by atoms with Crippen LogP contribution in [0, 0.1) is 0 Å². The molecule has 0 amide bonds. The predicted molar refractivity (Wildman–Crippen MR) is 84.2 cm³/mol. The van der Waals surface area contributed by atoms with Crippen molar-refractivity contribution in [2.24, 2.45) is 0 Å². The molecule has 0 heterocycles. The van der Waals surface area contributed by atoms with E-state index in [-0.39, 0.29) is 10.4 Å². The highest BCUT2D eigenvalue weighted by atomic mass is 35.5. The van der Waals surface area contributed by atoms with E-state index in [1.54, 1.807) is 0 Å². The largest absolute Gasteiger partial charge is 0.469 e. The normalized spacial score (nSPS) is 10.9. The average Bonchev–Trinajstić information content (AvgIpc) is 2.39. The predicted octanol–water partition coefficient (Wildman–Crippen LogP) is 4.94. The molecule has 0 saturated carbocycles. The summed E-state index contributed by atoms with van der Waals surface area (Å²) in [5.41, 5.74) is 0. The van der Waals surface area contributed by atoms with Crippen molar-refractivity contribution in [2.45, 2.75) is 74.7 Å². The van der Waals surface area contributed by atoms with Crippen molar-refractivity contribution >= 4 is 38.7 Å². The monoisotopic (exact) mass is 324 g/mol. The zero-order chi connectivity index (χ0) is 14.3. The van der Waals surface area contributed by atoms with E-state index in [0.717, 1.165) is 12.8 Å². The van der Waals surface area contributed by atoms with E-state index in [1.165, 1.54) is 58.1 Å². The maximum atomic E-state index is 10.9. The first-order chi connectivity index (χ1) is 9.16. The van der Waals surface area contributed by atoms with Gasteiger partial charge >= 0.3 is 5.97 Å². The van der Waals surface area contributed by atoms with Gasteiger partial charge in [-0.3, -0.25) is 4.79 Å². The highest BCUT2D eigenvalue weighted by Crippen LogP contribution is 2.12. The van der Waals surface area contributed by atoms with Crippen molar-refractivity contribution in [3.8, 4) is 0 Å². The second kappa shape index (κ2) is 14.7. The van der Waals surface area contributed by atoms with Crippen LogP contribution < -0.4 is 0 Å². The number of carbonyl (C=O) groups is 1. The molecule has 0 aliphatic rings. The fourth-order valence-electron chi connectivity index (χ4n) is 1.95. The summed E-state index contributed by atoms with van der Waals surface area (Å²) in [6.07, 6.45) is 11.7. The molecule has 0 aromatic heterocycles. The molecule has 112 valence electrons. The lowest BCUT2D eigenvalue weighted by molar-refractivity contribution is -0.140. The van der Waals surface area contributed by atoms with Crippen molar-refractivity contribution in [1.82, 2.24) is 0 Å². The zero-order valence-electron chi connectivity index (χ0n) is 11.9. The highest BCUT2D eigenvalue weighted by molar-refractivity contribution is 6.68. The second-order valence-electron chi connectivity index (χ2n) is 4.76. The number of esters is 1. The Hall–Kier alpha value is 0.267. The van der Waals surface area contributed by atoms with Crippen LogP contribution in [0.2, 0.25) is 6.04 Å². The molecule has 0 unspecified atom stereocenters. The molecule has 2 radical (unpaired) electrons. The van der Waals surface area contributed by atoms with Crippen molar-refractivity contribution in [2.75, 3.05) is 7.11 Å². The van der Waals surface area contributed by atoms with Crippen LogP contribution in [0.1, 0.15) is 64.2 Å². The standard InChI is InChI=1S/C14H26Cl2O2Si/c1-18-13(17)11-9-7-5-3-2-4-6-8-10-12-19-14(15)16/h14H,2-12H2,1H3. The molecular weight excluding hydrogens is 299 g/mol. The van der Waals surface area contributed by atoms with E-state index in [2.05, 4.69) is 4.74 Å². The lowest BCUT2D eigenvalue weighted by Gasteiger charge is -2.03. The number of alkyl halides is 2. The van der Waals surface area contributed by atoms with Gasteiger partial charge in [-0.05, 0) is 6.42 Å². The van der Waals surface area contributed by atoms with Crippen LogP contribution in [0.15, 0.2) is 0 Å². The number of halogens is 2. The van der Waals surface area contributed by atoms with Gasteiger partial charge in [-0.25, -0.2) is 0 Å². The second-order valence-corrected chi connectivity index (χ2v) is 8.08. The van der Waals surface area contributed by atoms with Crippen LogP contribution in [0.3, 0.4) is 0 Å². The molecule has 0 spiro atoms. The minimum absolute atomic E-state index is 0.0863. The van der Waals surface area contributed by atoms with Crippen molar-refractivity contribution in [3.05, 3.63) is 0 Å². The summed E-state index contributed by atoms with van der Waals surface area (Å²) in [6, 6.07) is 1.17. The van der Waals surface area contributed by atoms with E-state index in [4.69, 9.17) is 23.2 Å². The van der Waals surface area contributed by atoms with E-state index >= 15 is 0 Å². The Kier molecular flexibility index (Phi) is 14.9. The molecule has 0 fully saturated rings. The van der Waals surface area contributed by atoms with Crippen molar-refractivity contribution < 1.29 is 9.53 Å². The van der Waals surface area contributed by atoms with E-state index < -0.39 is 0 Å². The molecule has 0 bridgehead atoms. The molecule has 0 atom stereocenters. The molecule has 2 nitrogen and oxygen atoms in total. The molecule has 5 heteroatoms. The van der Waals surface area contributed by atoms with Crippen LogP contribution in [0.5, 0.6) is 0 Å². The van der Waals surface area contributed by atoms with Crippen molar-refractivity contribution in [3.63, 3.8) is 0 Å². The summed E-state index contributed by atoms with van der Waals surface area (Å²) in [6.45, 7) is 0. The van der Waals surface area contributed by atoms with E-state index in [1.807, 2.05) is 0 Å². The van der Waals surface area contributed by atoms with Gasteiger partial charge in [0.05, 0.1) is 21.1 Å². The van der Waals surface area contributed by atoms with Gasteiger partial charge in [-0.2, -0.15) is 0 Å². The average molecular weight is 325 g/mol. The lowest BCUT2D eigenvalue weighted by atomic mass is 10.1. The van der Waals surface area contributed by atoms with Crippen LogP contribution in [0.4, 0.5) is 0 Å². The Balaban J connectivity index is 3.01. The number of hydrogen-bond donors (Lipinski definition) is 0. The summed E-state index contributed by atoms with van der Waals surface area (Å²) >= 11 is 11.4. The first kappa shape index (κ1) is 19.3. The molecule has 0 aliphatic heterocycles. The van der Waals surface area contributed by atoms with Crippen LogP contribution in [-0.4, -0.2) is 27.1 Å². The van der Waals surface area contributed by atoms with Crippen LogP contribution >= 0.6 is 23.2 Å². The Labute approximate surface area is 130 Å². The molecule has 0 rings (SSSR count). The summed E-state index contributed by atoms with van der Waals surface area (Å²) in [5, 5.41) is 0. The minimum atomic E-state index is -0.162. The number of rotatable bonds is 13. The van der Waals surface area contributed by atoms with Gasteiger partial charge in [0.25, 0.3) is 0 Å². The minimum Gasteiger partial charge on any atom is -0.469 e. The summed E-state index contributed by atoms with van der Waals surface area (Å²) < 4.78 is 4.44. The van der Waals surface area contributed by atoms with Gasteiger partial charge < -0.3 is 4.74 Å². The van der Waals surface area contributed by atoms with E-state index in [0.29, 0.717) is 15.9 Å². The first-order valence-electron chi connectivity index (χ1n) is 7.25. The van der Waals surface area contributed by atoms with Crippen LogP contribution in [0.25, 0.3) is 0 Å². The van der Waals surface area contributed by atoms with Gasteiger partial charge in [0.15, 0.2) is 0 Å². The molecule has 0 N–H and O–H groups in total. The number of methoxy groups -OCH3 is 1. The van der Waals surface area contributed by atoms with Gasteiger partial charge in [-0.1, -0.05) is 57.4 Å². The lowest BCUT2D eigenvalue weighted by Crippen LogP contribution is -2.00. The molecule has 0 aliphatic carbocycles. The van der Waals surface area contributed by atoms with Gasteiger partial charge in [0.1, 0.15) is 0 Å². The summed E-state index contributed by atoms with van der Waals surface area (Å²) in [4.78, 5) is 10.9. The van der Waals surface area contributed by atoms with Gasteiger partial charge in [0, 0.05) is 6.42 Å². The molecular formula is C14H26Cl2O2Si. The number of ether oxygens (including phenoxy) is 1. The Bertz CT molecular complexity index is 214. The summed E-state index contributed by atoms with van der Waals surface area (Å²) in [7, 11) is 2.14. The summed E-state index contributed by atoms with van der Waals surface area (Å²) in [5.74, 6) is -0.0863. The van der Waals surface area contributed by atoms with E-state index in [9.17, 15) is 4.79 Å².